The van der Waals surface area contributed by atoms with Gasteiger partial charge in [0, 0.05) is 45.0 Å². The molecule has 1 aromatic rings. The van der Waals surface area contributed by atoms with E-state index in [4.69, 9.17) is 5.21 Å². The minimum absolute atomic E-state index is 0. The second kappa shape index (κ2) is 10.3. The van der Waals surface area contributed by atoms with Crippen LogP contribution in [-0.4, -0.2) is 73.7 Å². The third-order valence-corrected chi connectivity index (χ3v) is 5.20. The van der Waals surface area contributed by atoms with E-state index in [0.717, 1.165) is 51.7 Å². The van der Waals surface area contributed by atoms with Gasteiger partial charge in [-0.1, -0.05) is 0 Å². The standard InChI is InChI=1S/C18H26F3N5O.ClH/c19-18(20,21)16-13-15(22-14-23-27)3-4-17(16)26-11-9-25(10-12-26)8-7-24-5-1-2-6-24;/h3-4,13-14,27H,1-2,5-12H2,(H,22,23);1H. The Morgan fingerprint density at radius 3 is 2.18 bits per heavy atom. The van der Waals surface area contributed by atoms with Crippen molar-refractivity contribution in [1.82, 2.24) is 15.3 Å². The van der Waals surface area contributed by atoms with Gasteiger partial charge in [0.1, 0.15) is 6.34 Å². The number of aliphatic imine (C=N–C) groups is 1. The predicted molar refractivity (Wildman–Crippen MR) is 106 cm³/mol. The fourth-order valence-electron chi connectivity index (χ4n) is 3.71. The molecule has 28 heavy (non-hydrogen) atoms. The molecule has 2 saturated heterocycles. The van der Waals surface area contributed by atoms with Crippen LogP contribution >= 0.6 is 12.4 Å². The van der Waals surface area contributed by atoms with E-state index in [1.807, 2.05) is 0 Å². The molecule has 3 rings (SSSR count). The van der Waals surface area contributed by atoms with Crippen LogP contribution in [0.2, 0.25) is 0 Å². The van der Waals surface area contributed by atoms with E-state index in [1.54, 1.807) is 10.4 Å². The van der Waals surface area contributed by atoms with Crippen molar-refractivity contribution in [1.29, 1.82) is 0 Å². The first-order valence-electron chi connectivity index (χ1n) is 9.30. The van der Waals surface area contributed by atoms with E-state index >= 15 is 0 Å². The number of nitrogens with one attached hydrogen (secondary N) is 1. The van der Waals surface area contributed by atoms with Gasteiger partial charge in [0.2, 0.25) is 0 Å². The van der Waals surface area contributed by atoms with Crippen molar-refractivity contribution in [3.05, 3.63) is 23.8 Å². The molecule has 10 heteroatoms. The van der Waals surface area contributed by atoms with Gasteiger partial charge < -0.3 is 9.80 Å². The Balaban J connectivity index is 0.00000280. The highest BCUT2D eigenvalue weighted by Crippen LogP contribution is 2.39. The highest BCUT2D eigenvalue weighted by molar-refractivity contribution is 5.85. The lowest BCUT2D eigenvalue weighted by molar-refractivity contribution is -0.137. The molecule has 0 aliphatic carbocycles. The van der Waals surface area contributed by atoms with Crippen molar-refractivity contribution in [2.45, 2.75) is 19.0 Å². The molecule has 2 aliphatic rings. The van der Waals surface area contributed by atoms with Gasteiger partial charge in [-0.2, -0.15) is 13.2 Å². The molecule has 2 fully saturated rings. The lowest BCUT2D eigenvalue weighted by atomic mass is 10.1. The van der Waals surface area contributed by atoms with E-state index in [9.17, 15) is 13.2 Å². The molecule has 0 saturated carbocycles. The Hall–Kier alpha value is -1.55. The summed E-state index contributed by atoms with van der Waals surface area (Å²) in [5.41, 5.74) is 1.33. The molecule has 0 amide bonds. The normalized spacial score (nSPS) is 19.2. The third kappa shape index (κ3) is 5.97. The minimum atomic E-state index is -4.46. The first kappa shape index (κ1) is 22.7. The predicted octanol–water partition coefficient (Wildman–Crippen LogP) is 2.98. The van der Waals surface area contributed by atoms with Gasteiger partial charge in [-0.3, -0.25) is 15.6 Å². The summed E-state index contributed by atoms with van der Waals surface area (Å²) < 4.78 is 40.5. The van der Waals surface area contributed by atoms with Crippen LogP contribution < -0.4 is 10.4 Å². The SMILES string of the molecule is Cl.ONC=Nc1ccc(N2CCN(CCN3CCCC3)CC2)c(C(F)(F)F)c1. The number of hydrogen-bond donors (Lipinski definition) is 2. The lowest BCUT2D eigenvalue weighted by Gasteiger charge is -2.37. The summed E-state index contributed by atoms with van der Waals surface area (Å²) in [6, 6.07) is 4.01. The number of hydroxylamine groups is 1. The summed E-state index contributed by atoms with van der Waals surface area (Å²) >= 11 is 0. The Labute approximate surface area is 169 Å². The molecule has 0 spiro atoms. The van der Waals surface area contributed by atoms with E-state index in [-0.39, 0.29) is 23.8 Å². The maximum absolute atomic E-state index is 13.5. The number of hydrogen-bond acceptors (Lipinski definition) is 5. The number of piperazine rings is 1. The summed E-state index contributed by atoms with van der Waals surface area (Å²) in [4.78, 5) is 10.3. The quantitative estimate of drug-likeness (QED) is 0.420. The number of anilines is 1. The molecule has 0 radical (unpaired) electrons. The largest absolute Gasteiger partial charge is 0.418 e. The average Bonchev–Trinajstić information content (AvgIpc) is 3.18. The fourth-order valence-corrected chi connectivity index (χ4v) is 3.71. The zero-order valence-corrected chi connectivity index (χ0v) is 16.5. The van der Waals surface area contributed by atoms with Crippen molar-refractivity contribution < 1.29 is 18.4 Å². The molecule has 2 heterocycles. The van der Waals surface area contributed by atoms with Crippen molar-refractivity contribution in [3.63, 3.8) is 0 Å². The monoisotopic (exact) mass is 421 g/mol. The number of nitrogens with zero attached hydrogens (tertiary/aromatic N) is 4. The van der Waals surface area contributed by atoms with E-state index in [0.29, 0.717) is 13.1 Å². The highest BCUT2D eigenvalue weighted by Gasteiger charge is 2.36. The minimum Gasteiger partial charge on any atom is -0.368 e. The molecule has 6 nitrogen and oxygen atoms in total. The number of rotatable bonds is 6. The molecule has 2 aliphatic heterocycles. The van der Waals surface area contributed by atoms with E-state index < -0.39 is 11.7 Å². The summed E-state index contributed by atoms with van der Waals surface area (Å²) in [7, 11) is 0. The Kier molecular flexibility index (Phi) is 8.36. The van der Waals surface area contributed by atoms with Gasteiger partial charge in [-0.15, -0.1) is 12.4 Å². The first-order chi connectivity index (χ1) is 13.0. The molecule has 0 atom stereocenters. The fraction of sp³-hybridized carbons (Fsp3) is 0.611. The van der Waals surface area contributed by atoms with Crippen LogP contribution in [0, 0.1) is 0 Å². The number of benzene rings is 1. The van der Waals surface area contributed by atoms with Crippen LogP contribution in [0.25, 0.3) is 0 Å². The molecule has 0 aromatic heterocycles. The maximum atomic E-state index is 13.5. The second-order valence-corrected chi connectivity index (χ2v) is 6.96. The van der Waals surface area contributed by atoms with Crippen molar-refractivity contribution in [3.8, 4) is 0 Å². The van der Waals surface area contributed by atoms with Gasteiger partial charge in [0.15, 0.2) is 0 Å². The van der Waals surface area contributed by atoms with Crippen LogP contribution in [0.3, 0.4) is 0 Å². The highest BCUT2D eigenvalue weighted by atomic mass is 35.5. The molecule has 1 aromatic carbocycles. The number of likely N-dealkylation sites (tertiary alicyclic amines) is 1. The molecule has 158 valence electrons. The van der Waals surface area contributed by atoms with Crippen molar-refractivity contribution >= 4 is 30.1 Å². The first-order valence-corrected chi connectivity index (χ1v) is 9.30. The summed E-state index contributed by atoms with van der Waals surface area (Å²) in [6.45, 7) is 7.01. The number of halogens is 4. The molecule has 0 bridgehead atoms. The molecular formula is C18H27ClF3N5O. The van der Waals surface area contributed by atoms with E-state index in [2.05, 4.69) is 14.8 Å². The molecular weight excluding hydrogens is 395 g/mol. The van der Waals surface area contributed by atoms with E-state index in [1.165, 1.54) is 25.0 Å². The number of alkyl halides is 3. The zero-order chi connectivity index (χ0) is 19.3. The van der Waals surface area contributed by atoms with Crippen LogP contribution in [0.15, 0.2) is 23.2 Å². The van der Waals surface area contributed by atoms with Gasteiger partial charge in [0.25, 0.3) is 0 Å². The van der Waals surface area contributed by atoms with Crippen LogP contribution in [-0.2, 0) is 6.18 Å². The summed E-state index contributed by atoms with van der Waals surface area (Å²) in [6.07, 6.45) is -0.987. The van der Waals surface area contributed by atoms with Crippen LogP contribution in [0.5, 0.6) is 0 Å². The third-order valence-electron chi connectivity index (χ3n) is 5.20. The van der Waals surface area contributed by atoms with Crippen molar-refractivity contribution in [2.75, 3.05) is 57.3 Å². The van der Waals surface area contributed by atoms with Gasteiger partial charge in [-0.05, 0) is 44.1 Å². The summed E-state index contributed by atoms with van der Waals surface area (Å²) in [5, 5.41) is 8.52. The lowest BCUT2D eigenvalue weighted by Crippen LogP contribution is -2.48. The van der Waals surface area contributed by atoms with Crippen molar-refractivity contribution in [2.24, 2.45) is 4.99 Å². The second-order valence-electron chi connectivity index (χ2n) is 6.96. The molecule has 0 unspecified atom stereocenters. The maximum Gasteiger partial charge on any atom is 0.418 e. The summed E-state index contributed by atoms with van der Waals surface area (Å²) in [5.74, 6) is 0. The van der Waals surface area contributed by atoms with Crippen LogP contribution in [0.4, 0.5) is 24.5 Å². The van der Waals surface area contributed by atoms with Gasteiger partial charge in [0.05, 0.1) is 11.3 Å². The molecule has 2 N–H and O–H groups in total. The zero-order valence-electron chi connectivity index (χ0n) is 15.7. The smallest absolute Gasteiger partial charge is 0.368 e. The van der Waals surface area contributed by atoms with Crippen LogP contribution in [0.1, 0.15) is 18.4 Å². The Morgan fingerprint density at radius 1 is 1.00 bits per heavy atom. The Morgan fingerprint density at radius 2 is 1.61 bits per heavy atom. The Bertz CT molecular complexity index is 645. The van der Waals surface area contributed by atoms with Gasteiger partial charge >= 0.3 is 6.18 Å². The van der Waals surface area contributed by atoms with Gasteiger partial charge in [-0.25, -0.2) is 4.99 Å². The average molecular weight is 422 g/mol. The topological polar surface area (TPSA) is 54.3 Å².